The maximum absolute atomic E-state index is 13.4. The average molecular weight is 474 g/mol. The first kappa shape index (κ1) is 26.5. The highest BCUT2D eigenvalue weighted by Gasteiger charge is 2.32. The number of nitrogens with zero attached hydrogens (tertiary/aromatic N) is 2. The maximum atomic E-state index is 13.4. The smallest absolute Gasteiger partial charge is 0.243 e. The van der Waals surface area contributed by atoms with Crippen molar-refractivity contribution in [1.29, 1.82) is 0 Å². The van der Waals surface area contributed by atoms with Crippen LogP contribution in [-0.4, -0.2) is 55.1 Å². The van der Waals surface area contributed by atoms with Crippen LogP contribution in [0.5, 0.6) is 0 Å². The van der Waals surface area contributed by atoms with E-state index in [1.807, 2.05) is 58.9 Å². The van der Waals surface area contributed by atoms with Crippen molar-refractivity contribution >= 4 is 21.8 Å². The van der Waals surface area contributed by atoms with Gasteiger partial charge in [-0.25, -0.2) is 8.42 Å². The van der Waals surface area contributed by atoms with Crippen molar-refractivity contribution in [2.24, 2.45) is 0 Å². The van der Waals surface area contributed by atoms with Crippen LogP contribution in [0.1, 0.15) is 43.9 Å². The van der Waals surface area contributed by atoms with Crippen LogP contribution in [0.4, 0.5) is 0 Å². The van der Waals surface area contributed by atoms with Gasteiger partial charge in [-0.2, -0.15) is 4.31 Å². The van der Waals surface area contributed by atoms with Crippen molar-refractivity contribution < 1.29 is 18.0 Å². The molecule has 180 valence electrons. The fraction of sp³-hybridized carbons (Fsp3) is 0.440. The van der Waals surface area contributed by atoms with Gasteiger partial charge in [-0.05, 0) is 51.8 Å². The Labute approximate surface area is 197 Å². The van der Waals surface area contributed by atoms with Crippen LogP contribution in [0.15, 0.2) is 53.4 Å². The van der Waals surface area contributed by atoms with Crippen LogP contribution in [0, 0.1) is 13.8 Å². The molecule has 1 atom stereocenters. The van der Waals surface area contributed by atoms with Gasteiger partial charge >= 0.3 is 0 Å². The number of likely N-dealkylation sites (N-methyl/N-ethyl adjacent to an activating group) is 1. The van der Waals surface area contributed by atoms with Gasteiger partial charge in [0.2, 0.25) is 21.8 Å². The quantitative estimate of drug-likeness (QED) is 0.574. The van der Waals surface area contributed by atoms with Crippen molar-refractivity contribution in [2.45, 2.75) is 64.6 Å². The summed E-state index contributed by atoms with van der Waals surface area (Å²) < 4.78 is 27.0. The highest BCUT2D eigenvalue weighted by Crippen LogP contribution is 2.18. The predicted octanol–water partition coefficient (Wildman–Crippen LogP) is 3.26. The number of carbonyl (C=O) groups excluding carboxylic acids is 2. The first-order valence-electron chi connectivity index (χ1n) is 11.1. The lowest BCUT2D eigenvalue weighted by atomic mass is 10.1. The number of sulfonamides is 1. The molecule has 2 aromatic carbocycles. The molecular weight excluding hydrogens is 438 g/mol. The molecule has 2 aromatic rings. The molecule has 0 unspecified atom stereocenters. The lowest BCUT2D eigenvalue weighted by Gasteiger charge is -2.32. The fourth-order valence-electron chi connectivity index (χ4n) is 3.56. The molecule has 0 bridgehead atoms. The number of nitrogens with one attached hydrogen (secondary N) is 1. The summed E-state index contributed by atoms with van der Waals surface area (Å²) in [6, 6.07) is 13.4. The molecule has 2 rings (SSSR count). The summed E-state index contributed by atoms with van der Waals surface area (Å²) in [6.07, 6.45) is 0.407. The van der Waals surface area contributed by atoms with E-state index in [0.717, 1.165) is 21.0 Å². The molecule has 0 heterocycles. The summed E-state index contributed by atoms with van der Waals surface area (Å²) in [6.45, 7) is 9.24. The van der Waals surface area contributed by atoms with Crippen LogP contribution in [0.3, 0.4) is 0 Å². The molecule has 2 amide bonds. The molecule has 0 aromatic heterocycles. The second-order valence-corrected chi connectivity index (χ2v) is 10.7. The lowest BCUT2D eigenvalue weighted by molar-refractivity contribution is -0.141. The molecule has 0 radical (unpaired) electrons. The Hall–Kier alpha value is -2.71. The van der Waals surface area contributed by atoms with Crippen molar-refractivity contribution in [3.8, 4) is 0 Å². The molecule has 33 heavy (non-hydrogen) atoms. The van der Waals surface area contributed by atoms with E-state index >= 15 is 0 Å². The highest BCUT2D eigenvalue weighted by molar-refractivity contribution is 7.89. The zero-order valence-electron chi connectivity index (χ0n) is 20.3. The minimum Gasteiger partial charge on any atom is -0.352 e. The van der Waals surface area contributed by atoms with E-state index in [1.54, 1.807) is 12.1 Å². The number of hydrogen-bond acceptors (Lipinski definition) is 4. The Bertz CT molecular complexity index is 1070. The van der Waals surface area contributed by atoms with Crippen molar-refractivity contribution in [3.05, 3.63) is 65.2 Å². The van der Waals surface area contributed by atoms with E-state index in [9.17, 15) is 18.0 Å². The molecular formula is C25H35N3O4S. The minimum atomic E-state index is -3.85. The van der Waals surface area contributed by atoms with Crippen molar-refractivity contribution in [2.75, 3.05) is 13.6 Å². The normalized spacial score (nSPS) is 12.6. The van der Waals surface area contributed by atoms with Crippen LogP contribution in [-0.2, 0) is 26.2 Å². The maximum Gasteiger partial charge on any atom is 0.243 e. The second-order valence-electron chi connectivity index (χ2n) is 8.67. The zero-order chi connectivity index (χ0) is 24.8. The summed E-state index contributed by atoms with van der Waals surface area (Å²) in [5.74, 6) is -0.682. The van der Waals surface area contributed by atoms with Gasteiger partial charge in [-0.1, -0.05) is 54.4 Å². The molecule has 0 aliphatic carbocycles. The summed E-state index contributed by atoms with van der Waals surface area (Å²) in [7, 11) is -2.47. The highest BCUT2D eigenvalue weighted by atomic mass is 32.2. The van der Waals surface area contributed by atoms with Gasteiger partial charge in [-0.15, -0.1) is 0 Å². The van der Waals surface area contributed by atoms with Gasteiger partial charge in [0.25, 0.3) is 0 Å². The van der Waals surface area contributed by atoms with Crippen LogP contribution >= 0.6 is 0 Å². The Morgan fingerprint density at radius 3 is 2.18 bits per heavy atom. The predicted molar refractivity (Wildman–Crippen MR) is 130 cm³/mol. The zero-order valence-corrected chi connectivity index (χ0v) is 21.1. The van der Waals surface area contributed by atoms with Gasteiger partial charge in [0.15, 0.2) is 0 Å². The number of amides is 2. The molecule has 0 fully saturated rings. The number of hydrogen-bond donors (Lipinski definition) is 1. The monoisotopic (exact) mass is 473 g/mol. The molecule has 8 heteroatoms. The van der Waals surface area contributed by atoms with E-state index in [2.05, 4.69) is 5.32 Å². The number of carbonyl (C=O) groups is 2. The SMILES string of the molecule is CC[C@@H](C(=O)NC(C)C)N(Cc1cccc(C)c1)C(=O)CN(C)S(=O)(=O)c1ccc(C)cc1. The topological polar surface area (TPSA) is 86.8 Å². The van der Waals surface area contributed by atoms with Gasteiger partial charge in [0, 0.05) is 19.6 Å². The first-order valence-corrected chi connectivity index (χ1v) is 12.6. The third-order valence-corrected chi connectivity index (χ3v) is 7.16. The summed E-state index contributed by atoms with van der Waals surface area (Å²) in [5.41, 5.74) is 2.86. The molecule has 0 saturated carbocycles. The third kappa shape index (κ3) is 7.14. The Kier molecular flexibility index (Phi) is 9.19. The van der Waals surface area contributed by atoms with E-state index in [0.29, 0.717) is 6.42 Å². The number of benzene rings is 2. The van der Waals surface area contributed by atoms with E-state index in [4.69, 9.17) is 0 Å². The van der Waals surface area contributed by atoms with Crippen LogP contribution in [0.2, 0.25) is 0 Å². The standard InChI is InChI=1S/C25H35N3O4S/c1-7-23(25(30)26-18(2)3)28(16-21-10-8-9-20(5)15-21)24(29)17-27(6)33(31,32)22-13-11-19(4)12-14-22/h8-15,18,23H,7,16-17H2,1-6H3,(H,26,30)/t23-/m0/s1. The summed E-state index contributed by atoms with van der Waals surface area (Å²) in [5, 5.41) is 2.88. The van der Waals surface area contributed by atoms with E-state index < -0.39 is 22.0 Å². The van der Waals surface area contributed by atoms with Crippen LogP contribution in [0.25, 0.3) is 0 Å². The first-order chi connectivity index (χ1) is 15.4. The van der Waals surface area contributed by atoms with Crippen molar-refractivity contribution in [1.82, 2.24) is 14.5 Å². The van der Waals surface area contributed by atoms with Gasteiger partial charge < -0.3 is 10.2 Å². The largest absolute Gasteiger partial charge is 0.352 e. The van der Waals surface area contributed by atoms with Gasteiger partial charge in [0.05, 0.1) is 11.4 Å². The summed E-state index contributed by atoms with van der Waals surface area (Å²) >= 11 is 0. The van der Waals surface area contributed by atoms with Gasteiger partial charge in [-0.3, -0.25) is 9.59 Å². The molecule has 7 nitrogen and oxygen atoms in total. The van der Waals surface area contributed by atoms with E-state index in [-0.39, 0.29) is 29.9 Å². The fourth-order valence-corrected chi connectivity index (χ4v) is 4.68. The second kappa shape index (κ2) is 11.4. The molecule has 0 spiro atoms. The lowest BCUT2D eigenvalue weighted by Crippen LogP contribution is -2.52. The minimum absolute atomic E-state index is 0.0768. The third-order valence-electron chi connectivity index (χ3n) is 5.34. The Morgan fingerprint density at radius 2 is 1.64 bits per heavy atom. The van der Waals surface area contributed by atoms with Crippen molar-refractivity contribution in [3.63, 3.8) is 0 Å². The van der Waals surface area contributed by atoms with Crippen LogP contribution < -0.4 is 5.32 Å². The van der Waals surface area contributed by atoms with Gasteiger partial charge in [0.1, 0.15) is 6.04 Å². The number of aryl methyl sites for hydroxylation is 2. The van der Waals surface area contributed by atoms with E-state index in [1.165, 1.54) is 24.1 Å². The molecule has 0 aliphatic heterocycles. The molecule has 1 N–H and O–H groups in total. The Balaban J connectivity index is 2.33. The average Bonchev–Trinajstić information content (AvgIpc) is 2.73. The Morgan fingerprint density at radius 1 is 1.00 bits per heavy atom. The summed E-state index contributed by atoms with van der Waals surface area (Å²) in [4.78, 5) is 27.9. The number of rotatable bonds is 10. The molecule has 0 saturated heterocycles. The molecule has 0 aliphatic rings.